The smallest absolute Gasteiger partial charge is 0.306 e. The lowest BCUT2D eigenvalue weighted by Crippen LogP contribution is -2.19. The largest absolute Gasteiger partial charge is 0.481 e. The molecule has 0 bridgehead atoms. The van der Waals surface area contributed by atoms with Gasteiger partial charge in [0.15, 0.2) is 0 Å². The second-order valence-corrected chi connectivity index (χ2v) is 5.36. The van der Waals surface area contributed by atoms with Gasteiger partial charge in [-0.2, -0.15) is 0 Å². The molecule has 0 aliphatic rings. The summed E-state index contributed by atoms with van der Waals surface area (Å²) in [6.07, 6.45) is 0.825. The average molecular weight is 277 g/mol. The maximum absolute atomic E-state index is 10.7. The monoisotopic (exact) mass is 276 g/mol. The number of thiophene rings is 1. The quantitative estimate of drug-likeness (QED) is 0.915. The lowest BCUT2D eigenvalue weighted by molar-refractivity contribution is -0.142. The van der Waals surface area contributed by atoms with Gasteiger partial charge in [-0.25, -0.2) is 0 Å². The highest BCUT2D eigenvalue weighted by atomic mass is 79.9. The summed E-state index contributed by atoms with van der Waals surface area (Å²) in [7, 11) is 0. The van der Waals surface area contributed by atoms with Crippen molar-refractivity contribution in [2.24, 2.45) is 11.8 Å². The van der Waals surface area contributed by atoms with Crippen molar-refractivity contribution in [3.8, 4) is 0 Å². The van der Waals surface area contributed by atoms with Gasteiger partial charge in [0.05, 0.1) is 5.92 Å². The van der Waals surface area contributed by atoms with Crippen LogP contribution in [0.5, 0.6) is 0 Å². The van der Waals surface area contributed by atoms with Crippen LogP contribution in [0.2, 0.25) is 0 Å². The van der Waals surface area contributed by atoms with Crippen molar-refractivity contribution in [1.29, 1.82) is 0 Å². The van der Waals surface area contributed by atoms with Crippen LogP contribution in [0.15, 0.2) is 15.9 Å². The second kappa shape index (κ2) is 4.94. The number of halogens is 1. The number of hydrogen-bond donors (Lipinski definition) is 1. The number of rotatable bonds is 4. The van der Waals surface area contributed by atoms with E-state index >= 15 is 0 Å². The molecule has 0 aliphatic heterocycles. The zero-order valence-corrected chi connectivity index (χ0v) is 10.6. The van der Waals surface area contributed by atoms with Crippen LogP contribution in [0, 0.1) is 11.8 Å². The minimum absolute atomic E-state index is 0.169. The van der Waals surface area contributed by atoms with Crippen molar-refractivity contribution in [1.82, 2.24) is 0 Å². The van der Waals surface area contributed by atoms with Crippen LogP contribution >= 0.6 is 27.3 Å². The number of carboxylic acid groups (broad SMARTS) is 1. The Morgan fingerprint density at radius 3 is 2.71 bits per heavy atom. The van der Waals surface area contributed by atoms with Crippen molar-refractivity contribution in [2.45, 2.75) is 20.3 Å². The molecule has 1 rings (SSSR count). The highest BCUT2D eigenvalue weighted by Crippen LogP contribution is 2.27. The third-order valence-electron chi connectivity index (χ3n) is 2.44. The van der Waals surface area contributed by atoms with Crippen molar-refractivity contribution >= 4 is 33.2 Å². The average Bonchev–Trinajstić information content (AvgIpc) is 2.50. The predicted octanol–water partition coefficient (Wildman–Crippen LogP) is 3.41. The summed E-state index contributed by atoms with van der Waals surface area (Å²) in [6, 6.07) is 2.00. The van der Waals surface area contributed by atoms with Crippen LogP contribution in [0.3, 0.4) is 0 Å². The van der Waals surface area contributed by atoms with Gasteiger partial charge >= 0.3 is 5.97 Å². The first-order valence-corrected chi connectivity index (χ1v) is 6.14. The minimum Gasteiger partial charge on any atom is -0.481 e. The molecule has 1 aromatic rings. The van der Waals surface area contributed by atoms with E-state index < -0.39 is 5.97 Å². The molecule has 2 nitrogen and oxygen atoms in total. The Morgan fingerprint density at radius 2 is 2.29 bits per heavy atom. The molecule has 0 amide bonds. The summed E-state index contributed by atoms with van der Waals surface area (Å²) in [5.41, 5.74) is 0. The molecule has 0 aromatic carbocycles. The Morgan fingerprint density at radius 1 is 1.64 bits per heavy atom. The SMILES string of the molecule is CC(Cc1sccc1Br)C(C)C(=O)O. The van der Waals surface area contributed by atoms with Crippen molar-refractivity contribution in [2.75, 3.05) is 0 Å². The molecule has 4 heteroatoms. The van der Waals surface area contributed by atoms with Gasteiger partial charge in [0.25, 0.3) is 0 Å². The Kier molecular flexibility index (Phi) is 4.13. The lowest BCUT2D eigenvalue weighted by atomic mass is 9.92. The number of hydrogen-bond acceptors (Lipinski definition) is 2. The van der Waals surface area contributed by atoms with E-state index in [9.17, 15) is 4.79 Å². The van der Waals surface area contributed by atoms with Gasteiger partial charge in [-0.1, -0.05) is 13.8 Å². The molecular formula is C10H13BrO2S. The van der Waals surface area contributed by atoms with E-state index in [1.54, 1.807) is 18.3 Å². The molecule has 0 saturated carbocycles. The summed E-state index contributed by atoms with van der Waals surface area (Å²) in [6.45, 7) is 3.74. The third kappa shape index (κ3) is 2.82. The first-order valence-electron chi connectivity index (χ1n) is 4.47. The summed E-state index contributed by atoms with van der Waals surface area (Å²) < 4.78 is 1.09. The number of aliphatic carboxylic acids is 1. The highest BCUT2D eigenvalue weighted by Gasteiger charge is 2.20. The van der Waals surface area contributed by atoms with E-state index in [0.29, 0.717) is 0 Å². The van der Waals surface area contributed by atoms with Gasteiger partial charge in [-0.15, -0.1) is 11.3 Å². The third-order valence-corrected chi connectivity index (χ3v) is 4.39. The predicted molar refractivity (Wildman–Crippen MR) is 61.7 cm³/mol. The van der Waals surface area contributed by atoms with Crippen LogP contribution in [-0.2, 0) is 11.2 Å². The molecule has 2 atom stereocenters. The number of carbonyl (C=O) groups is 1. The molecule has 14 heavy (non-hydrogen) atoms. The fourth-order valence-corrected chi connectivity index (χ4v) is 2.84. The lowest BCUT2D eigenvalue weighted by Gasteiger charge is -2.14. The molecular weight excluding hydrogens is 264 g/mol. The maximum atomic E-state index is 10.7. The molecule has 78 valence electrons. The molecule has 0 radical (unpaired) electrons. The van der Waals surface area contributed by atoms with E-state index in [4.69, 9.17) is 5.11 Å². The second-order valence-electron chi connectivity index (χ2n) is 3.50. The zero-order chi connectivity index (χ0) is 10.7. The van der Waals surface area contributed by atoms with E-state index in [1.165, 1.54) is 4.88 Å². The Bertz CT molecular complexity index is 322. The first kappa shape index (κ1) is 11.7. The summed E-state index contributed by atoms with van der Waals surface area (Å²) in [5, 5.41) is 10.9. The standard InChI is InChI=1S/C10H13BrO2S/c1-6(7(2)10(12)13)5-9-8(11)3-4-14-9/h3-4,6-7H,5H2,1-2H3,(H,12,13). The molecule has 0 spiro atoms. The fraction of sp³-hybridized carbons (Fsp3) is 0.500. The van der Waals surface area contributed by atoms with Crippen LogP contribution in [0.4, 0.5) is 0 Å². The van der Waals surface area contributed by atoms with Gasteiger partial charge in [0, 0.05) is 9.35 Å². The minimum atomic E-state index is -0.717. The summed E-state index contributed by atoms with van der Waals surface area (Å²) in [4.78, 5) is 12.0. The maximum Gasteiger partial charge on any atom is 0.306 e. The first-order chi connectivity index (χ1) is 6.52. The molecule has 0 aliphatic carbocycles. The van der Waals surface area contributed by atoms with Gasteiger partial charge in [-0.05, 0) is 39.7 Å². The van der Waals surface area contributed by atoms with E-state index in [0.717, 1.165) is 10.9 Å². The normalized spacial score (nSPS) is 15.1. The van der Waals surface area contributed by atoms with Crippen molar-refractivity contribution < 1.29 is 9.90 Å². The van der Waals surface area contributed by atoms with Crippen LogP contribution in [-0.4, -0.2) is 11.1 Å². The highest BCUT2D eigenvalue weighted by molar-refractivity contribution is 9.10. The Balaban J connectivity index is 2.61. The van der Waals surface area contributed by atoms with Crippen LogP contribution in [0.25, 0.3) is 0 Å². The van der Waals surface area contributed by atoms with E-state index in [-0.39, 0.29) is 11.8 Å². The molecule has 0 saturated heterocycles. The van der Waals surface area contributed by atoms with Crippen molar-refractivity contribution in [3.05, 3.63) is 20.8 Å². The van der Waals surface area contributed by atoms with E-state index in [1.807, 2.05) is 18.4 Å². The van der Waals surface area contributed by atoms with Gasteiger partial charge in [0.1, 0.15) is 0 Å². The topological polar surface area (TPSA) is 37.3 Å². The molecule has 1 heterocycles. The number of carboxylic acids is 1. The molecule has 0 fully saturated rings. The Labute approximate surface area is 96.1 Å². The summed E-state index contributed by atoms with van der Waals surface area (Å²) >= 11 is 5.11. The van der Waals surface area contributed by atoms with Gasteiger partial charge in [-0.3, -0.25) is 4.79 Å². The summed E-state index contributed by atoms with van der Waals surface area (Å²) in [5.74, 6) is -0.836. The molecule has 1 N–H and O–H groups in total. The van der Waals surface area contributed by atoms with Crippen molar-refractivity contribution in [3.63, 3.8) is 0 Å². The van der Waals surface area contributed by atoms with Crippen LogP contribution in [0.1, 0.15) is 18.7 Å². The van der Waals surface area contributed by atoms with Crippen LogP contribution < -0.4 is 0 Å². The molecule has 2 unspecified atom stereocenters. The fourth-order valence-electron chi connectivity index (χ4n) is 1.18. The van der Waals surface area contributed by atoms with Gasteiger partial charge in [0.2, 0.25) is 0 Å². The van der Waals surface area contributed by atoms with E-state index in [2.05, 4.69) is 15.9 Å². The van der Waals surface area contributed by atoms with Gasteiger partial charge < -0.3 is 5.11 Å². The zero-order valence-electron chi connectivity index (χ0n) is 8.16. The Hall–Kier alpha value is -0.350. The molecule has 1 aromatic heterocycles.